The Morgan fingerprint density at radius 1 is 1.25 bits per heavy atom. The van der Waals surface area contributed by atoms with Crippen LogP contribution in [0.2, 0.25) is 0 Å². The predicted molar refractivity (Wildman–Crippen MR) is 93.3 cm³/mol. The van der Waals surface area contributed by atoms with Crippen molar-refractivity contribution in [3.63, 3.8) is 0 Å². The maximum absolute atomic E-state index is 12.3. The van der Waals surface area contributed by atoms with Crippen LogP contribution in [0.4, 0.5) is 0 Å². The standard InChI is InChI=1S/C21H32O3/c1-4-21(24)10-8-16-14-6-5-13-11-17(22)18(23)12-19(13,2)15(14)7-9-20(16,21)3/h7,13-14,16-17,22,24H,4-6,8-12H2,1-3H3/t13?,14-,16+,17?,19+,20+,21+/m1/s1. The molecule has 4 aliphatic carbocycles. The van der Waals surface area contributed by atoms with Gasteiger partial charge in [0.05, 0.1) is 5.60 Å². The molecule has 134 valence electrons. The van der Waals surface area contributed by atoms with Crippen molar-refractivity contribution in [2.24, 2.45) is 28.6 Å². The van der Waals surface area contributed by atoms with E-state index in [2.05, 4.69) is 26.8 Å². The first-order valence-electron chi connectivity index (χ1n) is 9.89. The Labute approximate surface area is 145 Å². The van der Waals surface area contributed by atoms with E-state index in [0.717, 1.165) is 38.5 Å². The van der Waals surface area contributed by atoms with Gasteiger partial charge < -0.3 is 10.2 Å². The summed E-state index contributed by atoms with van der Waals surface area (Å²) in [5.74, 6) is 1.53. The molecule has 24 heavy (non-hydrogen) atoms. The topological polar surface area (TPSA) is 57.5 Å². The molecular formula is C21H32O3. The molecule has 0 radical (unpaired) electrons. The molecule has 0 bridgehead atoms. The highest BCUT2D eigenvalue weighted by Crippen LogP contribution is 2.66. The van der Waals surface area contributed by atoms with Crippen molar-refractivity contribution in [1.82, 2.24) is 0 Å². The third kappa shape index (κ3) is 1.94. The van der Waals surface area contributed by atoms with Crippen molar-refractivity contribution in [2.75, 3.05) is 0 Å². The lowest BCUT2D eigenvalue weighted by Gasteiger charge is -2.57. The van der Waals surface area contributed by atoms with E-state index in [1.165, 1.54) is 5.57 Å². The van der Waals surface area contributed by atoms with Crippen molar-refractivity contribution >= 4 is 5.78 Å². The SMILES string of the molecule is CC[C@]1(O)CC[C@H]2[C@@H]3CCC4CC(O)C(=O)C[C@]4(C)C3=CC[C@@]21C. The summed E-state index contributed by atoms with van der Waals surface area (Å²) in [4.78, 5) is 12.3. The minimum absolute atomic E-state index is 0.0166. The molecule has 0 saturated heterocycles. The molecule has 0 aromatic carbocycles. The Morgan fingerprint density at radius 2 is 2.00 bits per heavy atom. The number of ketones is 1. The summed E-state index contributed by atoms with van der Waals surface area (Å²) in [6.07, 6.45) is 8.86. The van der Waals surface area contributed by atoms with Crippen molar-refractivity contribution in [3.8, 4) is 0 Å². The van der Waals surface area contributed by atoms with Crippen molar-refractivity contribution in [3.05, 3.63) is 11.6 Å². The fraction of sp³-hybridized carbons (Fsp3) is 0.857. The van der Waals surface area contributed by atoms with Crippen LogP contribution in [0.15, 0.2) is 11.6 Å². The Morgan fingerprint density at radius 3 is 2.71 bits per heavy atom. The number of hydrogen-bond acceptors (Lipinski definition) is 3. The van der Waals surface area contributed by atoms with Crippen LogP contribution in [-0.4, -0.2) is 27.7 Å². The van der Waals surface area contributed by atoms with Gasteiger partial charge in [-0.1, -0.05) is 32.4 Å². The molecule has 0 aromatic rings. The number of aliphatic hydroxyl groups excluding tert-OH is 1. The Kier molecular flexibility index (Phi) is 3.61. The van der Waals surface area contributed by atoms with Crippen LogP contribution in [0.3, 0.4) is 0 Å². The molecule has 2 N–H and O–H groups in total. The van der Waals surface area contributed by atoms with Gasteiger partial charge in [0.15, 0.2) is 5.78 Å². The molecule has 4 rings (SSSR count). The van der Waals surface area contributed by atoms with E-state index >= 15 is 0 Å². The van der Waals surface area contributed by atoms with Gasteiger partial charge in [0.25, 0.3) is 0 Å². The highest BCUT2D eigenvalue weighted by atomic mass is 16.3. The number of allylic oxidation sites excluding steroid dienone is 2. The molecule has 3 nitrogen and oxygen atoms in total. The van der Waals surface area contributed by atoms with Crippen LogP contribution in [0.5, 0.6) is 0 Å². The van der Waals surface area contributed by atoms with E-state index in [9.17, 15) is 15.0 Å². The number of aliphatic hydroxyl groups is 2. The number of Topliss-reactive ketones (excluding diaryl/α,β-unsaturated/α-hetero) is 1. The normalized spacial score (nSPS) is 53.9. The molecule has 7 atom stereocenters. The maximum atomic E-state index is 12.3. The third-order valence-corrected chi connectivity index (χ3v) is 8.77. The van der Waals surface area contributed by atoms with E-state index in [4.69, 9.17) is 0 Å². The number of fused-ring (bicyclic) bond motifs is 5. The van der Waals surface area contributed by atoms with Gasteiger partial charge in [0.1, 0.15) is 6.10 Å². The van der Waals surface area contributed by atoms with E-state index in [-0.39, 0.29) is 16.6 Å². The Bertz CT molecular complexity index is 596. The van der Waals surface area contributed by atoms with Gasteiger partial charge in [-0.15, -0.1) is 0 Å². The van der Waals surface area contributed by atoms with Crippen LogP contribution < -0.4 is 0 Å². The second-order valence-corrected chi connectivity index (χ2v) is 9.50. The molecule has 3 fully saturated rings. The highest BCUT2D eigenvalue weighted by Gasteiger charge is 2.62. The fourth-order valence-corrected chi connectivity index (χ4v) is 7.05. The zero-order valence-corrected chi connectivity index (χ0v) is 15.3. The summed E-state index contributed by atoms with van der Waals surface area (Å²) >= 11 is 0. The van der Waals surface area contributed by atoms with Gasteiger partial charge in [-0.05, 0) is 68.1 Å². The molecule has 3 saturated carbocycles. The van der Waals surface area contributed by atoms with E-state index < -0.39 is 11.7 Å². The summed E-state index contributed by atoms with van der Waals surface area (Å²) < 4.78 is 0. The lowest BCUT2D eigenvalue weighted by atomic mass is 9.48. The van der Waals surface area contributed by atoms with Crippen molar-refractivity contribution in [2.45, 2.75) is 83.8 Å². The van der Waals surface area contributed by atoms with Gasteiger partial charge in [-0.25, -0.2) is 0 Å². The molecule has 0 aliphatic heterocycles. The summed E-state index contributed by atoms with van der Waals surface area (Å²) in [6.45, 7) is 6.68. The first-order valence-corrected chi connectivity index (χ1v) is 9.89. The van der Waals surface area contributed by atoms with Crippen LogP contribution in [0.25, 0.3) is 0 Å². The summed E-state index contributed by atoms with van der Waals surface area (Å²) in [7, 11) is 0. The van der Waals surface area contributed by atoms with E-state index in [1.807, 2.05) is 0 Å². The lowest BCUT2D eigenvalue weighted by Crippen LogP contribution is -2.53. The van der Waals surface area contributed by atoms with E-state index in [1.54, 1.807) is 0 Å². The largest absolute Gasteiger partial charge is 0.389 e. The third-order valence-electron chi connectivity index (χ3n) is 8.77. The first-order chi connectivity index (χ1) is 11.2. The van der Waals surface area contributed by atoms with Gasteiger partial charge in [-0.3, -0.25) is 4.79 Å². The predicted octanol–water partition coefficient (Wildman–Crippen LogP) is 3.63. The zero-order valence-electron chi connectivity index (χ0n) is 15.3. The van der Waals surface area contributed by atoms with Gasteiger partial charge >= 0.3 is 0 Å². The second kappa shape index (κ2) is 5.17. The molecule has 0 aromatic heterocycles. The summed E-state index contributed by atoms with van der Waals surface area (Å²) in [5, 5.41) is 21.2. The number of carbonyl (C=O) groups is 1. The molecular weight excluding hydrogens is 300 g/mol. The number of carbonyl (C=O) groups excluding carboxylic acids is 1. The van der Waals surface area contributed by atoms with Crippen molar-refractivity contribution < 1.29 is 15.0 Å². The molecule has 0 amide bonds. The van der Waals surface area contributed by atoms with Crippen LogP contribution >= 0.6 is 0 Å². The molecule has 0 heterocycles. The maximum Gasteiger partial charge on any atom is 0.162 e. The minimum Gasteiger partial charge on any atom is -0.389 e. The highest BCUT2D eigenvalue weighted by molar-refractivity contribution is 5.85. The second-order valence-electron chi connectivity index (χ2n) is 9.50. The quantitative estimate of drug-likeness (QED) is 0.721. The lowest BCUT2D eigenvalue weighted by molar-refractivity contribution is -0.138. The minimum atomic E-state index is -0.745. The van der Waals surface area contributed by atoms with Gasteiger partial charge in [0.2, 0.25) is 0 Å². The average Bonchev–Trinajstić information content (AvgIpc) is 2.81. The van der Waals surface area contributed by atoms with Crippen LogP contribution in [0.1, 0.15) is 72.1 Å². The Balaban J connectivity index is 1.72. The molecule has 3 heteroatoms. The molecule has 0 spiro atoms. The van der Waals surface area contributed by atoms with Crippen molar-refractivity contribution in [1.29, 1.82) is 0 Å². The number of rotatable bonds is 1. The van der Waals surface area contributed by atoms with Crippen LogP contribution in [-0.2, 0) is 4.79 Å². The van der Waals surface area contributed by atoms with E-state index in [0.29, 0.717) is 30.6 Å². The van der Waals surface area contributed by atoms with Gasteiger partial charge in [-0.2, -0.15) is 0 Å². The molecule has 2 unspecified atom stereocenters. The fourth-order valence-electron chi connectivity index (χ4n) is 7.05. The van der Waals surface area contributed by atoms with Gasteiger partial charge in [0, 0.05) is 11.8 Å². The monoisotopic (exact) mass is 332 g/mol. The average molecular weight is 332 g/mol. The summed E-state index contributed by atoms with van der Waals surface area (Å²) in [6, 6.07) is 0. The Hall–Kier alpha value is -0.670. The number of hydrogen-bond donors (Lipinski definition) is 2. The smallest absolute Gasteiger partial charge is 0.162 e. The zero-order chi connectivity index (χ0) is 17.3. The first kappa shape index (κ1) is 16.8. The summed E-state index contributed by atoms with van der Waals surface area (Å²) in [5.41, 5.74) is 0.877. The molecule has 4 aliphatic rings. The van der Waals surface area contributed by atoms with Crippen LogP contribution in [0, 0.1) is 28.6 Å².